The molecule has 0 spiro atoms. The molecule has 0 amide bonds. The first kappa shape index (κ1) is 16.7. The Kier molecular flexibility index (Phi) is 4.71. The van der Waals surface area contributed by atoms with Crippen molar-refractivity contribution in [3.8, 4) is 5.75 Å². The van der Waals surface area contributed by atoms with Crippen LogP contribution in [0.2, 0.25) is 0 Å². The number of aliphatic hydroxyl groups is 1. The molecule has 2 unspecified atom stereocenters. The highest BCUT2D eigenvalue weighted by atomic mass is 16.5. The van der Waals surface area contributed by atoms with Crippen molar-refractivity contribution in [1.82, 2.24) is 4.98 Å². The Balaban J connectivity index is 1.85. The average Bonchev–Trinajstić information content (AvgIpc) is 2.59. The number of carbonyl (C=O) groups is 1. The van der Waals surface area contributed by atoms with Crippen LogP contribution in [0.1, 0.15) is 37.7 Å². The molecule has 0 saturated heterocycles. The molecule has 1 fully saturated rings. The molecule has 2 atom stereocenters. The van der Waals surface area contributed by atoms with E-state index in [0.717, 1.165) is 35.1 Å². The van der Waals surface area contributed by atoms with E-state index >= 15 is 0 Å². The minimum Gasteiger partial charge on any atom is -0.497 e. The zero-order chi connectivity index (χ0) is 17.2. The van der Waals surface area contributed by atoms with E-state index in [1.807, 2.05) is 24.3 Å². The van der Waals surface area contributed by atoms with Gasteiger partial charge in [0.15, 0.2) is 0 Å². The molecule has 5 heteroatoms. The van der Waals surface area contributed by atoms with Gasteiger partial charge < -0.3 is 14.9 Å². The molecule has 2 N–H and O–H groups in total. The number of hydrogen-bond donors (Lipinski definition) is 2. The normalized spacial score (nSPS) is 24.0. The minimum atomic E-state index is -1.13. The molecule has 1 aliphatic carbocycles. The minimum absolute atomic E-state index is 0.445. The van der Waals surface area contributed by atoms with Crippen LogP contribution in [0, 0.1) is 5.92 Å². The Morgan fingerprint density at radius 1 is 1.38 bits per heavy atom. The molecule has 0 aliphatic heterocycles. The van der Waals surface area contributed by atoms with Gasteiger partial charge in [0.05, 0.1) is 24.1 Å². The Bertz CT molecular complexity index is 745. The largest absolute Gasteiger partial charge is 0.497 e. The van der Waals surface area contributed by atoms with E-state index < -0.39 is 17.5 Å². The summed E-state index contributed by atoms with van der Waals surface area (Å²) in [5, 5.41) is 21.3. The van der Waals surface area contributed by atoms with Crippen LogP contribution < -0.4 is 4.74 Å². The molecule has 3 rings (SSSR count). The fraction of sp³-hybridized carbons (Fsp3) is 0.474. The van der Waals surface area contributed by atoms with E-state index in [2.05, 4.69) is 4.98 Å². The Morgan fingerprint density at radius 2 is 2.21 bits per heavy atom. The first-order valence-corrected chi connectivity index (χ1v) is 8.40. The predicted molar refractivity (Wildman–Crippen MR) is 91.2 cm³/mol. The number of pyridine rings is 1. The van der Waals surface area contributed by atoms with E-state index in [-0.39, 0.29) is 0 Å². The molecule has 1 saturated carbocycles. The van der Waals surface area contributed by atoms with Gasteiger partial charge in [-0.1, -0.05) is 12.8 Å². The van der Waals surface area contributed by atoms with Crippen LogP contribution in [0.25, 0.3) is 10.9 Å². The Labute approximate surface area is 141 Å². The lowest BCUT2D eigenvalue weighted by molar-refractivity contribution is -0.156. The van der Waals surface area contributed by atoms with Crippen LogP contribution in [0.5, 0.6) is 5.75 Å². The van der Waals surface area contributed by atoms with Crippen molar-refractivity contribution in [2.75, 3.05) is 7.11 Å². The summed E-state index contributed by atoms with van der Waals surface area (Å²) in [5.74, 6) is -0.802. The number of aliphatic carboxylic acids is 1. The molecular weight excluding hydrogens is 306 g/mol. The van der Waals surface area contributed by atoms with Gasteiger partial charge in [0.1, 0.15) is 5.75 Å². The van der Waals surface area contributed by atoms with Crippen LogP contribution in [0.15, 0.2) is 30.5 Å². The second-order valence-electron chi connectivity index (χ2n) is 6.59. The Hall–Kier alpha value is -2.14. The average molecular weight is 329 g/mol. The quantitative estimate of drug-likeness (QED) is 0.880. The van der Waals surface area contributed by atoms with Crippen molar-refractivity contribution in [3.63, 3.8) is 0 Å². The summed E-state index contributed by atoms with van der Waals surface area (Å²) in [6.07, 6.45) is 5.67. The lowest BCUT2D eigenvalue weighted by Crippen LogP contribution is -2.45. The van der Waals surface area contributed by atoms with Crippen molar-refractivity contribution in [2.45, 2.75) is 44.1 Å². The van der Waals surface area contributed by atoms with Gasteiger partial charge in [-0.25, -0.2) is 0 Å². The molecule has 1 aliphatic rings. The maximum Gasteiger partial charge on any atom is 0.309 e. The molecule has 1 heterocycles. The highest BCUT2D eigenvalue weighted by Crippen LogP contribution is 2.38. The highest BCUT2D eigenvalue weighted by Gasteiger charge is 2.42. The number of methoxy groups -OCH3 is 1. The third-order valence-corrected chi connectivity index (χ3v) is 5.17. The van der Waals surface area contributed by atoms with Crippen molar-refractivity contribution >= 4 is 16.9 Å². The van der Waals surface area contributed by atoms with Crippen molar-refractivity contribution < 1.29 is 19.7 Å². The molecule has 0 radical (unpaired) electrons. The van der Waals surface area contributed by atoms with Crippen LogP contribution in [-0.4, -0.2) is 33.9 Å². The maximum absolute atomic E-state index is 11.5. The van der Waals surface area contributed by atoms with Crippen LogP contribution in [-0.2, 0) is 11.2 Å². The zero-order valence-corrected chi connectivity index (χ0v) is 13.9. The summed E-state index contributed by atoms with van der Waals surface area (Å²) >= 11 is 0. The fourth-order valence-corrected chi connectivity index (χ4v) is 3.75. The van der Waals surface area contributed by atoms with Gasteiger partial charge in [0, 0.05) is 11.6 Å². The number of ether oxygens (including phenoxy) is 1. The van der Waals surface area contributed by atoms with Gasteiger partial charge in [-0.3, -0.25) is 9.78 Å². The van der Waals surface area contributed by atoms with Crippen LogP contribution in [0.3, 0.4) is 0 Å². The third kappa shape index (κ3) is 3.22. The van der Waals surface area contributed by atoms with E-state index in [1.54, 1.807) is 13.3 Å². The number of hydrogen-bond acceptors (Lipinski definition) is 4. The predicted octanol–water partition coefficient (Wildman–Crippen LogP) is 3.18. The number of aryl methyl sites for hydroxylation is 1. The first-order chi connectivity index (χ1) is 11.5. The van der Waals surface area contributed by atoms with Gasteiger partial charge >= 0.3 is 5.97 Å². The molecule has 2 aromatic rings. The second kappa shape index (κ2) is 6.77. The monoisotopic (exact) mass is 329 g/mol. The molecule has 128 valence electrons. The number of carboxylic acid groups (broad SMARTS) is 1. The number of benzene rings is 1. The summed E-state index contributed by atoms with van der Waals surface area (Å²) in [6.45, 7) is 0. The highest BCUT2D eigenvalue weighted by molar-refractivity contribution is 5.83. The topological polar surface area (TPSA) is 79.7 Å². The van der Waals surface area contributed by atoms with Crippen LogP contribution >= 0.6 is 0 Å². The second-order valence-corrected chi connectivity index (χ2v) is 6.59. The van der Waals surface area contributed by atoms with Crippen molar-refractivity contribution in [2.24, 2.45) is 5.92 Å². The van der Waals surface area contributed by atoms with Gasteiger partial charge in [-0.05, 0) is 55.5 Å². The number of nitrogens with zero attached hydrogens (tertiary/aromatic N) is 1. The molecule has 24 heavy (non-hydrogen) atoms. The van der Waals surface area contributed by atoms with Gasteiger partial charge in [-0.15, -0.1) is 0 Å². The number of aromatic nitrogens is 1. The standard InChI is InChI=1S/C19H23NO4/c1-24-14-5-6-17-15(12-14)13(8-11-20-17)7-10-19(23)9-3-2-4-16(19)18(21)22/h5-6,8,11-12,16,23H,2-4,7,9-10H2,1H3,(H,21,22). The third-order valence-electron chi connectivity index (χ3n) is 5.17. The molecule has 1 aromatic heterocycles. The summed E-state index contributed by atoms with van der Waals surface area (Å²) < 4.78 is 5.29. The first-order valence-electron chi connectivity index (χ1n) is 8.40. The summed E-state index contributed by atoms with van der Waals surface area (Å²) in [4.78, 5) is 15.9. The van der Waals surface area contributed by atoms with Gasteiger partial charge in [-0.2, -0.15) is 0 Å². The van der Waals surface area contributed by atoms with Crippen LogP contribution in [0.4, 0.5) is 0 Å². The van der Waals surface area contributed by atoms with Gasteiger partial charge in [0.25, 0.3) is 0 Å². The van der Waals surface area contributed by atoms with E-state index in [4.69, 9.17) is 4.74 Å². The van der Waals surface area contributed by atoms with E-state index in [1.165, 1.54) is 0 Å². The number of carboxylic acids is 1. The Morgan fingerprint density at radius 3 is 2.96 bits per heavy atom. The molecular formula is C19H23NO4. The number of fused-ring (bicyclic) bond motifs is 1. The van der Waals surface area contributed by atoms with Crippen molar-refractivity contribution in [1.29, 1.82) is 0 Å². The summed E-state index contributed by atoms with van der Waals surface area (Å²) in [7, 11) is 1.62. The van der Waals surface area contributed by atoms with E-state index in [0.29, 0.717) is 25.7 Å². The lowest BCUT2D eigenvalue weighted by atomic mass is 9.72. The van der Waals surface area contributed by atoms with Gasteiger partial charge in [0.2, 0.25) is 0 Å². The SMILES string of the molecule is COc1ccc2nccc(CCC3(O)CCCCC3C(=O)O)c2c1. The molecule has 0 bridgehead atoms. The number of rotatable bonds is 5. The molecule has 1 aromatic carbocycles. The smallest absolute Gasteiger partial charge is 0.309 e. The summed E-state index contributed by atoms with van der Waals surface area (Å²) in [6, 6.07) is 7.66. The zero-order valence-electron chi connectivity index (χ0n) is 13.9. The maximum atomic E-state index is 11.5. The fourth-order valence-electron chi connectivity index (χ4n) is 3.75. The lowest BCUT2D eigenvalue weighted by Gasteiger charge is -2.37. The summed E-state index contributed by atoms with van der Waals surface area (Å²) in [5.41, 5.74) is 0.805. The molecule has 5 nitrogen and oxygen atoms in total. The van der Waals surface area contributed by atoms with E-state index in [9.17, 15) is 15.0 Å². The van der Waals surface area contributed by atoms with Crippen molar-refractivity contribution in [3.05, 3.63) is 36.0 Å².